The van der Waals surface area contributed by atoms with Crippen LogP contribution >= 0.6 is 39.1 Å². The fourth-order valence-electron chi connectivity index (χ4n) is 2.91. The molecule has 160 valence electrons. The van der Waals surface area contributed by atoms with E-state index >= 15 is 0 Å². The zero-order valence-electron chi connectivity index (χ0n) is 16.6. The lowest BCUT2D eigenvalue weighted by Crippen LogP contribution is -2.10. The normalized spacial score (nSPS) is 14.3. The molecule has 0 saturated heterocycles. The first-order valence-electron chi connectivity index (χ1n) is 9.36. The van der Waals surface area contributed by atoms with Gasteiger partial charge in [-0.05, 0) is 61.5 Å². The van der Waals surface area contributed by atoms with E-state index in [0.29, 0.717) is 16.1 Å². The summed E-state index contributed by atoms with van der Waals surface area (Å²) in [6.45, 7) is 1.96. The average molecular weight is 531 g/mol. The summed E-state index contributed by atoms with van der Waals surface area (Å²) in [6.07, 6.45) is 1.50. The van der Waals surface area contributed by atoms with Gasteiger partial charge in [-0.3, -0.25) is 0 Å². The summed E-state index contributed by atoms with van der Waals surface area (Å²) in [7, 11) is 0. The molecule has 0 fully saturated rings. The number of rotatable bonds is 4. The van der Waals surface area contributed by atoms with Gasteiger partial charge in [0.25, 0.3) is 0 Å². The number of cyclic esters (lactones) is 1. The van der Waals surface area contributed by atoms with Gasteiger partial charge in [0.1, 0.15) is 5.75 Å². The highest BCUT2D eigenvalue weighted by molar-refractivity contribution is 9.10. The van der Waals surface area contributed by atoms with Gasteiger partial charge in [0, 0.05) is 20.6 Å². The summed E-state index contributed by atoms with van der Waals surface area (Å²) in [5.74, 6) is -0.823. The van der Waals surface area contributed by atoms with Crippen LogP contribution in [-0.4, -0.2) is 17.8 Å². The van der Waals surface area contributed by atoms with Crippen molar-refractivity contribution in [2.75, 3.05) is 0 Å². The van der Waals surface area contributed by atoms with Gasteiger partial charge in [0.15, 0.2) is 5.70 Å². The number of hydrogen-bond acceptors (Lipinski definition) is 5. The van der Waals surface area contributed by atoms with E-state index in [2.05, 4.69) is 20.9 Å². The van der Waals surface area contributed by atoms with Crippen LogP contribution in [-0.2, 0) is 9.53 Å². The molecule has 5 nitrogen and oxygen atoms in total. The maximum Gasteiger partial charge on any atom is 0.363 e. The van der Waals surface area contributed by atoms with Crippen molar-refractivity contribution in [1.82, 2.24) is 0 Å². The molecule has 1 aliphatic heterocycles. The van der Waals surface area contributed by atoms with E-state index in [4.69, 9.17) is 32.7 Å². The Morgan fingerprint density at radius 3 is 2.53 bits per heavy atom. The van der Waals surface area contributed by atoms with Crippen molar-refractivity contribution in [2.24, 2.45) is 4.99 Å². The molecule has 3 aromatic carbocycles. The minimum Gasteiger partial charge on any atom is -0.422 e. The second-order valence-electron chi connectivity index (χ2n) is 6.90. The lowest BCUT2D eigenvalue weighted by atomic mass is 10.1. The van der Waals surface area contributed by atoms with Crippen molar-refractivity contribution >= 4 is 63.0 Å². The van der Waals surface area contributed by atoms with Crippen molar-refractivity contribution in [3.8, 4) is 5.75 Å². The SMILES string of the molecule is Cc1ccc(C2=N/C(=C/c3cc(Br)ccc3OC(=O)c3ccc(Cl)cc3Cl)C(=O)O2)cc1. The third kappa shape index (κ3) is 4.93. The molecule has 1 heterocycles. The number of aliphatic imine (C=N–C) groups is 1. The van der Waals surface area contributed by atoms with Crippen LogP contribution in [0.15, 0.2) is 75.8 Å². The summed E-state index contributed by atoms with van der Waals surface area (Å²) >= 11 is 15.4. The standard InChI is InChI=1S/C24H14BrCl2NO4/c1-13-2-4-14(5-3-13)22-28-20(24(30)32-22)11-15-10-16(25)6-9-21(15)31-23(29)18-8-7-17(26)12-19(18)27/h2-12H,1H3/b20-11+. The molecule has 0 atom stereocenters. The number of hydrogen-bond donors (Lipinski definition) is 0. The number of aryl methyl sites for hydroxylation is 1. The van der Waals surface area contributed by atoms with E-state index in [9.17, 15) is 9.59 Å². The molecular weight excluding hydrogens is 517 g/mol. The van der Waals surface area contributed by atoms with Gasteiger partial charge in [-0.15, -0.1) is 0 Å². The zero-order valence-corrected chi connectivity index (χ0v) is 19.7. The Hall–Kier alpha value is -2.93. The van der Waals surface area contributed by atoms with Gasteiger partial charge in [0.05, 0.1) is 10.6 Å². The van der Waals surface area contributed by atoms with Crippen LogP contribution in [0, 0.1) is 6.92 Å². The molecular formula is C24H14BrCl2NO4. The molecule has 0 saturated carbocycles. The first-order chi connectivity index (χ1) is 15.3. The van der Waals surface area contributed by atoms with Crippen molar-refractivity contribution < 1.29 is 19.1 Å². The van der Waals surface area contributed by atoms with Crippen LogP contribution in [0.1, 0.15) is 27.0 Å². The molecule has 0 amide bonds. The quantitative estimate of drug-likeness (QED) is 0.216. The van der Waals surface area contributed by atoms with Crippen LogP contribution in [0.2, 0.25) is 10.0 Å². The maximum absolute atomic E-state index is 12.6. The third-order valence-corrected chi connectivity index (χ3v) is 5.58. The molecule has 0 N–H and O–H groups in total. The molecule has 4 rings (SSSR count). The smallest absolute Gasteiger partial charge is 0.363 e. The number of benzene rings is 3. The summed E-state index contributed by atoms with van der Waals surface area (Å²) < 4.78 is 11.6. The summed E-state index contributed by atoms with van der Waals surface area (Å²) in [6, 6.07) is 17.0. The van der Waals surface area contributed by atoms with Crippen molar-refractivity contribution in [3.63, 3.8) is 0 Å². The molecule has 0 aliphatic carbocycles. The first kappa shape index (κ1) is 22.3. The number of halogens is 3. The third-order valence-electron chi connectivity index (χ3n) is 4.54. The van der Waals surface area contributed by atoms with E-state index in [0.717, 1.165) is 10.0 Å². The summed E-state index contributed by atoms with van der Waals surface area (Å²) in [5.41, 5.74) is 2.47. The molecule has 8 heteroatoms. The molecule has 0 radical (unpaired) electrons. The lowest BCUT2D eigenvalue weighted by molar-refractivity contribution is -0.129. The zero-order chi connectivity index (χ0) is 22.8. The topological polar surface area (TPSA) is 65.0 Å². The Labute approximate surface area is 202 Å². The molecule has 1 aliphatic rings. The molecule has 0 spiro atoms. The largest absolute Gasteiger partial charge is 0.422 e. The number of carbonyl (C=O) groups excluding carboxylic acids is 2. The van der Waals surface area contributed by atoms with Gasteiger partial charge < -0.3 is 9.47 Å². The van der Waals surface area contributed by atoms with E-state index in [1.165, 1.54) is 18.2 Å². The summed E-state index contributed by atoms with van der Waals surface area (Å²) in [4.78, 5) is 29.4. The monoisotopic (exact) mass is 529 g/mol. The van der Waals surface area contributed by atoms with Gasteiger partial charge in [-0.1, -0.05) is 56.8 Å². The van der Waals surface area contributed by atoms with E-state index in [1.807, 2.05) is 31.2 Å². The van der Waals surface area contributed by atoms with Crippen LogP contribution in [0.3, 0.4) is 0 Å². The highest BCUT2D eigenvalue weighted by Crippen LogP contribution is 2.30. The predicted octanol–water partition coefficient (Wildman–Crippen LogP) is 6.63. The van der Waals surface area contributed by atoms with Crippen LogP contribution in [0.5, 0.6) is 5.75 Å². The number of nitrogens with zero attached hydrogens (tertiary/aromatic N) is 1. The number of carbonyl (C=O) groups is 2. The van der Waals surface area contributed by atoms with Crippen LogP contribution in [0.4, 0.5) is 0 Å². The maximum atomic E-state index is 12.6. The lowest BCUT2D eigenvalue weighted by Gasteiger charge is -2.09. The molecule has 3 aromatic rings. The Kier molecular flexibility index (Phi) is 6.46. The predicted molar refractivity (Wildman–Crippen MR) is 127 cm³/mol. The highest BCUT2D eigenvalue weighted by atomic mass is 79.9. The van der Waals surface area contributed by atoms with Gasteiger partial charge in [-0.25, -0.2) is 14.6 Å². The molecule has 0 unspecified atom stereocenters. The van der Waals surface area contributed by atoms with Gasteiger partial charge in [-0.2, -0.15) is 0 Å². The molecule has 32 heavy (non-hydrogen) atoms. The Morgan fingerprint density at radius 1 is 1.06 bits per heavy atom. The second-order valence-corrected chi connectivity index (χ2v) is 8.66. The van der Waals surface area contributed by atoms with E-state index < -0.39 is 11.9 Å². The minimum atomic E-state index is -0.661. The van der Waals surface area contributed by atoms with Crippen molar-refractivity contribution in [1.29, 1.82) is 0 Å². The number of ether oxygens (including phenoxy) is 2. The Morgan fingerprint density at radius 2 is 1.81 bits per heavy atom. The first-order valence-corrected chi connectivity index (χ1v) is 10.9. The second kappa shape index (κ2) is 9.28. The van der Waals surface area contributed by atoms with Crippen LogP contribution < -0.4 is 4.74 Å². The minimum absolute atomic E-state index is 0.0838. The van der Waals surface area contributed by atoms with Gasteiger partial charge in [0.2, 0.25) is 5.90 Å². The summed E-state index contributed by atoms with van der Waals surface area (Å²) in [5, 5.41) is 0.578. The van der Waals surface area contributed by atoms with Crippen LogP contribution in [0.25, 0.3) is 6.08 Å². The molecule has 0 bridgehead atoms. The highest BCUT2D eigenvalue weighted by Gasteiger charge is 2.25. The Balaban J connectivity index is 1.66. The average Bonchev–Trinajstić information content (AvgIpc) is 3.10. The Bertz CT molecular complexity index is 1300. The van der Waals surface area contributed by atoms with Crippen molar-refractivity contribution in [2.45, 2.75) is 6.92 Å². The van der Waals surface area contributed by atoms with Gasteiger partial charge >= 0.3 is 11.9 Å². The van der Waals surface area contributed by atoms with E-state index in [-0.39, 0.29) is 27.9 Å². The number of esters is 2. The van der Waals surface area contributed by atoms with E-state index in [1.54, 1.807) is 24.3 Å². The van der Waals surface area contributed by atoms with Crippen molar-refractivity contribution in [3.05, 3.63) is 103 Å². The fourth-order valence-corrected chi connectivity index (χ4v) is 3.78. The fraction of sp³-hybridized carbons (Fsp3) is 0.0417. The molecule has 0 aromatic heterocycles.